The first-order chi connectivity index (χ1) is 16.2. The van der Waals surface area contributed by atoms with E-state index in [1.54, 1.807) is 22.3 Å². The maximum Gasteiger partial charge on any atom is 0.0975 e. The van der Waals surface area contributed by atoms with Crippen molar-refractivity contribution in [3.63, 3.8) is 0 Å². The van der Waals surface area contributed by atoms with Gasteiger partial charge in [-0.3, -0.25) is 4.90 Å². The number of rotatable bonds is 2. The lowest BCUT2D eigenvalue weighted by molar-refractivity contribution is -0.898. The molecule has 1 saturated heterocycles. The Bertz CT molecular complexity index is 1080. The molecule has 3 heteroatoms. The van der Waals surface area contributed by atoms with Gasteiger partial charge in [-0.15, -0.1) is 0 Å². The van der Waals surface area contributed by atoms with Gasteiger partial charge in [0.2, 0.25) is 0 Å². The summed E-state index contributed by atoms with van der Waals surface area (Å²) in [5.74, 6) is 0.656. The van der Waals surface area contributed by atoms with E-state index < -0.39 is 0 Å². The lowest BCUT2D eigenvalue weighted by Crippen LogP contribution is -2.58. The predicted molar refractivity (Wildman–Crippen MR) is 137 cm³/mol. The van der Waals surface area contributed by atoms with Crippen LogP contribution in [0.4, 0.5) is 0 Å². The lowest BCUT2D eigenvalue weighted by atomic mass is 9.59. The van der Waals surface area contributed by atoms with Gasteiger partial charge in [0.15, 0.2) is 0 Å². The number of nitrogens with zero attached hydrogens (tertiary/aromatic N) is 2. The normalized spacial score (nSPS) is 43.4. The summed E-state index contributed by atoms with van der Waals surface area (Å²) < 4.78 is 8.57. The molecule has 2 spiro atoms. The van der Waals surface area contributed by atoms with Gasteiger partial charge < -0.3 is 9.22 Å². The van der Waals surface area contributed by atoms with E-state index in [0.29, 0.717) is 23.4 Å². The summed E-state index contributed by atoms with van der Waals surface area (Å²) in [5.41, 5.74) is 6.63. The molecule has 3 aliphatic heterocycles. The van der Waals surface area contributed by atoms with Gasteiger partial charge in [-0.1, -0.05) is 43.3 Å². The molecule has 0 aromatic heterocycles. The van der Waals surface area contributed by atoms with Crippen LogP contribution < -0.4 is 0 Å². The van der Waals surface area contributed by atoms with E-state index in [1.807, 2.05) is 0 Å². The first-order valence-electron chi connectivity index (χ1n) is 14.0. The highest BCUT2D eigenvalue weighted by atomic mass is 16.5. The lowest BCUT2D eigenvalue weighted by Gasteiger charge is -2.56. The van der Waals surface area contributed by atoms with Crippen molar-refractivity contribution in [2.24, 2.45) is 11.3 Å². The van der Waals surface area contributed by atoms with Crippen LogP contribution in [0.3, 0.4) is 0 Å². The Morgan fingerprint density at radius 1 is 1.00 bits per heavy atom. The van der Waals surface area contributed by atoms with Gasteiger partial charge >= 0.3 is 0 Å². The minimum absolute atomic E-state index is 0.0200. The first kappa shape index (κ1) is 21.8. The Kier molecular flexibility index (Phi) is 4.55. The molecule has 0 radical (unpaired) electrons. The van der Waals surface area contributed by atoms with Crippen molar-refractivity contribution in [1.82, 2.24) is 4.90 Å². The van der Waals surface area contributed by atoms with E-state index in [1.165, 1.54) is 64.3 Å². The molecular formula is C31H43N2O+. The van der Waals surface area contributed by atoms with Crippen LogP contribution in [0.15, 0.2) is 47.6 Å². The third-order valence-corrected chi connectivity index (χ3v) is 11.3. The second-order valence-electron chi connectivity index (χ2n) is 13.7. The van der Waals surface area contributed by atoms with Gasteiger partial charge in [-0.25, -0.2) is 0 Å². The Balaban J connectivity index is 1.21. The van der Waals surface area contributed by atoms with Crippen molar-refractivity contribution in [3.8, 4) is 0 Å². The largest absolute Gasteiger partial charge is 0.359 e. The smallest absolute Gasteiger partial charge is 0.0975 e. The van der Waals surface area contributed by atoms with E-state index in [0.717, 1.165) is 11.0 Å². The fourth-order valence-electron chi connectivity index (χ4n) is 9.40. The third kappa shape index (κ3) is 2.87. The molecule has 1 unspecified atom stereocenters. The second-order valence-corrected chi connectivity index (χ2v) is 13.7. The Labute approximate surface area is 206 Å². The maximum absolute atomic E-state index is 7.51. The number of hydrogen-bond acceptors (Lipinski definition) is 2. The molecule has 6 atom stereocenters. The number of quaternary nitrogens is 1. The summed E-state index contributed by atoms with van der Waals surface area (Å²) in [6, 6.07) is 10.5. The molecule has 0 N–H and O–H groups in total. The van der Waals surface area contributed by atoms with Gasteiger partial charge in [0, 0.05) is 32.0 Å². The monoisotopic (exact) mass is 459 g/mol. The maximum atomic E-state index is 7.51. The topological polar surface area (TPSA) is 12.5 Å². The summed E-state index contributed by atoms with van der Waals surface area (Å²) in [7, 11) is 7.14. The molecule has 1 aromatic carbocycles. The van der Waals surface area contributed by atoms with Crippen LogP contribution in [-0.2, 0) is 17.7 Å². The van der Waals surface area contributed by atoms with Gasteiger partial charge in [-0.05, 0) is 78.6 Å². The standard InChI is InChI=1S/C31H43N2O/c1-29-15-13-25-19-24-9-10-26(33(2,3)4)20-30(24)16-17-31(25,34-30)27(29)11-12-28(29)32-18-14-22-7-5-6-8-23(22)21-32/h5-8,13,19,26-28H,9-12,14-18,20-21H2,1-4H3/q+1/t26-,27+,28-,29-,30?,31+/m0/s1. The van der Waals surface area contributed by atoms with Crippen LogP contribution >= 0.6 is 0 Å². The van der Waals surface area contributed by atoms with E-state index in [9.17, 15) is 0 Å². The zero-order chi connectivity index (χ0) is 23.3. The zero-order valence-corrected chi connectivity index (χ0v) is 21.8. The molecule has 182 valence electrons. The average Bonchev–Trinajstić information content (AvgIpc) is 3.33. The fourth-order valence-corrected chi connectivity index (χ4v) is 9.40. The molecule has 2 bridgehead atoms. The first-order valence-corrected chi connectivity index (χ1v) is 14.0. The van der Waals surface area contributed by atoms with Crippen LogP contribution in [0.1, 0.15) is 69.4 Å². The molecule has 7 rings (SSSR count). The zero-order valence-electron chi connectivity index (χ0n) is 21.8. The van der Waals surface area contributed by atoms with Crippen LogP contribution in [-0.4, -0.2) is 60.4 Å². The van der Waals surface area contributed by atoms with E-state index in [2.05, 4.69) is 69.4 Å². The van der Waals surface area contributed by atoms with Crippen molar-refractivity contribution in [2.45, 2.75) is 94.5 Å². The van der Waals surface area contributed by atoms with Crippen molar-refractivity contribution in [1.29, 1.82) is 0 Å². The molecule has 3 nitrogen and oxygen atoms in total. The van der Waals surface area contributed by atoms with Crippen molar-refractivity contribution in [2.75, 3.05) is 27.7 Å². The molecule has 34 heavy (non-hydrogen) atoms. The van der Waals surface area contributed by atoms with Gasteiger partial charge in [-0.2, -0.15) is 0 Å². The number of benzene rings is 1. The number of ether oxygens (including phenoxy) is 1. The summed E-state index contributed by atoms with van der Waals surface area (Å²) in [4.78, 5) is 2.85. The summed E-state index contributed by atoms with van der Waals surface area (Å²) in [6.45, 7) is 4.97. The molecule has 3 heterocycles. The van der Waals surface area contributed by atoms with Gasteiger partial charge in [0.1, 0.15) is 0 Å². The predicted octanol–water partition coefficient (Wildman–Crippen LogP) is 5.65. The second kappa shape index (κ2) is 7.08. The molecule has 3 fully saturated rings. The van der Waals surface area contributed by atoms with E-state index in [4.69, 9.17) is 4.74 Å². The van der Waals surface area contributed by atoms with Gasteiger partial charge in [0.05, 0.1) is 38.4 Å². The van der Waals surface area contributed by atoms with Gasteiger partial charge in [0.25, 0.3) is 0 Å². The van der Waals surface area contributed by atoms with Crippen molar-refractivity contribution >= 4 is 0 Å². The Morgan fingerprint density at radius 3 is 2.65 bits per heavy atom. The van der Waals surface area contributed by atoms with Crippen molar-refractivity contribution < 1.29 is 9.22 Å². The Morgan fingerprint density at radius 2 is 1.82 bits per heavy atom. The molecular weight excluding hydrogens is 416 g/mol. The SMILES string of the molecule is C[C@]12CC=C3C=C4CC[C@H]([N+](C)(C)C)CC45CC[C@]3(O5)[C@@H]1CC[C@@H]2N1CCc2ccccc2C1. The number of fused-ring (bicyclic) bond motifs is 2. The van der Waals surface area contributed by atoms with E-state index >= 15 is 0 Å². The molecule has 3 aliphatic carbocycles. The molecule has 6 aliphatic rings. The fraction of sp³-hybridized carbons (Fsp3) is 0.677. The van der Waals surface area contributed by atoms with Crippen molar-refractivity contribution in [3.05, 3.63) is 58.7 Å². The highest BCUT2D eigenvalue weighted by molar-refractivity contribution is 5.47. The summed E-state index contributed by atoms with van der Waals surface area (Å²) >= 11 is 0. The minimum atomic E-state index is -0.0221. The average molecular weight is 460 g/mol. The highest BCUT2D eigenvalue weighted by Crippen LogP contribution is 2.67. The quantitative estimate of drug-likeness (QED) is 0.530. The van der Waals surface area contributed by atoms with Crippen LogP contribution in [0.25, 0.3) is 0 Å². The molecule has 1 aromatic rings. The molecule has 2 saturated carbocycles. The van der Waals surface area contributed by atoms with Crippen LogP contribution in [0.5, 0.6) is 0 Å². The minimum Gasteiger partial charge on any atom is -0.359 e. The van der Waals surface area contributed by atoms with Crippen LogP contribution in [0, 0.1) is 11.3 Å². The number of allylic oxidation sites excluding steroid dienone is 1. The van der Waals surface area contributed by atoms with E-state index in [-0.39, 0.29) is 11.2 Å². The van der Waals surface area contributed by atoms with Crippen LogP contribution in [0.2, 0.25) is 0 Å². The third-order valence-electron chi connectivity index (χ3n) is 11.3. The highest BCUT2D eigenvalue weighted by Gasteiger charge is 2.67. The summed E-state index contributed by atoms with van der Waals surface area (Å²) in [5, 5.41) is 0. The number of hydrogen-bond donors (Lipinski definition) is 0. The molecule has 0 amide bonds. The Hall–Kier alpha value is -1.42. The summed E-state index contributed by atoms with van der Waals surface area (Å²) in [6.07, 6.45) is 16.6.